The van der Waals surface area contributed by atoms with Gasteiger partial charge in [-0.3, -0.25) is 4.79 Å². The Morgan fingerprint density at radius 2 is 2.00 bits per heavy atom. The Hall–Kier alpha value is -1.93. The lowest BCUT2D eigenvalue weighted by Crippen LogP contribution is -2.32. The summed E-state index contributed by atoms with van der Waals surface area (Å²) in [7, 11) is 1.75. The summed E-state index contributed by atoms with van der Waals surface area (Å²) in [5.41, 5.74) is 5.68. The van der Waals surface area contributed by atoms with Crippen LogP contribution in [0.15, 0.2) is 6.20 Å². The first-order valence-electron chi connectivity index (χ1n) is 8.97. The van der Waals surface area contributed by atoms with Crippen molar-refractivity contribution in [3.63, 3.8) is 0 Å². The predicted molar refractivity (Wildman–Crippen MR) is 94.5 cm³/mol. The topological polar surface area (TPSA) is 122 Å². The summed E-state index contributed by atoms with van der Waals surface area (Å²) in [6.07, 6.45) is 7.88. The van der Waals surface area contributed by atoms with Crippen molar-refractivity contribution in [3.05, 3.63) is 11.8 Å². The largest absolute Gasteiger partial charge is 0.391 e. The molecule has 0 aromatic carbocycles. The zero-order chi connectivity index (χ0) is 17.8. The quantitative estimate of drug-likeness (QED) is 0.610. The fraction of sp³-hybridized carbons (Fsp3) is 0.706. The second-order valence-corrected chi connectivity index (χ2v) is 6.92. The van der Waals surface area contributed by atoms with Gasteiger partial charge in [0.15, 0.2) is 0 Å². The number of rotatable bonds is 6. The number of ether oxygens (including phenoxy) is 1. The van der Waals surface area contributed by atoms with Crippen LogP contribution in [0.3, 0.4) is 0 Å². The molecule has 2 fully saturated rings. The Bertz CT molecular complexity index is 604. The molecular weight excluding hydrogens is 322 g/mol. The number of nitrogens with zero attached hydrogens (tertiary/aromatic N) is 2. The highest BCUT2D eigenvalue weighted by Gasteiger charge is 2.27. The summed E-state index contributed by atoms with van der Waals surface area (Å²) < 4.78 is 5.39. The van der Waals surface area contributed by atoms with Gasteiger partial charge in [-0.1, -0.05) is 0 Å². The third kappa shape index (κ3) is 4.38. The molecule has 0 radical (unpaired) electrons. The number of hydrogen-bond acceptors (Lipinski definition) is 7. The second-order valence-electron chi connectivity index (χ2n) is 6.92. The van der Waals surface area contributed by atoms with Crippen molar-refractivity contribution in [1.29, 1.82) is 0 Å². The molecule has 2 aliphatic carbocycles. The van der Waals surface area contributed by atoms with Gasteiger partial charge in [-0.15, -0.1) is 0 Å². The lowest BCUT2D eigenvalue weighted by atomic mass is 9.93. The Morgan fingerprint density at radius 1 is 1.24 bits per heavy atom. The van der Waals surface area contributed by atoms with Crippen LogP contribution in [0.4, 0.5) is 11.8 Å². The monoisotopic (exact) mass is 349 g/mol. The zero-order valence-electron chi connectivity index (χ0n) is 14.6. The molecule has 1 heterocycles. The van der Waals surface area contributed by atoms with E-state index in [9.17, 15) is 9.90 Å². The van der Waals surface area contributed by atoms with E-state index in [4.69, 9.17) is 10.5 Å². The molecule has 0 saturated heterocycles. The molecule has 2 atom stereocenters. The Labute approximate surface area is 147 Å². The number of carbonyl (C=O) groups excluding carboxylic acids is 1. The molecular formula is C17H27N5O3. The van der Waals surface area contributed by atoms with Gasteiger partial charge in [0.1, 0.15) is 5.82 Å². The predicted octanol–water partition coefficient (Wildman–Crippen LogP) is 1.27. The molecule has 5 N–H and O–H groups in total. The average Bonchev–Trinajstić information content (AvgIpc) is 3.00. The van der Waals surface area contributed by atoms with Crippen LogP contribution in [0, 0.1) is 0 Å². The smallest absolute Gasteiger partial charge is 0.254 e. The normalized spacial score (nSPS) is 29.4. The fourth-order valence-electron chi connectivity index (χ4n) is 3.65. The van der Waals surface area contributed by atoms with Crippen LogP contribution in [0.5, 0.6) is 0 Å². The third-order valence-corrected chi connectivity index (χ3v) is 5.20. The molecule has 1 aromatic rings. The summed E-state index contributed by atoms with van der Waals surface area (Å²) >= 11 is 0. The summed E-state index contributed by atoms with van der Waals surface area (Å²) in [5.74, 6) is 0.282. The molecule has 8 heteroatoms. The van der Waals surface area contributed by atoms with E-state index < -0.39 is 12.0 Å². The lowest BCUT2D eigenvalue weighted by Gasteiger charge is -2.28. The molecule has 2 aliphatic rings. The number of nitrogens with one attached hydrogen (secondary N) is 2. The first kappa shape index (κ1) is 17.9. The van der Waals surface area contributed by atoms with Crippen molar-refractivity contribution < 1.29 is 14.6 Å². The molecule has 2 saturated carbocycles. The van der Waals surface area contributed by atoms with Crippen LogP contribution in [-0.2, 0) is 4.74 Å². The molecule has 138 valence electrons. The molecule has 0 unspecified atom stereocenters. The van der Waals surface area contributed by atoms with Crippen molar-refractivity contribution in [2.24, 2.45) is 5.73 Å². The minimum absolute atomic E-state index is 0.113. The second kappa shape index (κ2) is 7.97. The zero-order valence-corrected chi connectivity index (χ0v) is 14.6. The number of carbonyl (C=O) groups is 1. The molecule has 1 aromatic heterocycles. The van der Waals surface area contributed by atoms with Gasteiger partial charge in [-0.2, -0.15) is 4.98 Å². The van der Waals surface area contributed by atoms with E-state index in [2.05, 4.69) is 20.6 Å². The van der Waals surface area contributed by atoms with Crippen molar-refractivity contribution in [1.82, 2.24) is 9.97 Å². The number of methoxy groups -OCH3 is 1. The molecule has 8 nitrogen and oxygen atoms in total. The van der Waals surface area contributed by atoms with Gasteiger partial charge in [-0.05, 0) is 44.9 Å². The van der Waals surface area contributed by atoms with Crippen LogP contribution < -0.4 is 16.4 Å². The first-order valence-corrected chi connectivity index (χ1v) is 8.97. The van der Waals surface area contributed by atoms with Crippen molar-refractivity contribution in [3.8, 4) is 0 Å². The summed E-state index contributed by atoms with van der Waals surface area (Å²) in [4.78, 5) is 20.3. The standard InChI is InChI=1S/C17H27N5O3/c1-25-11-7-5-10(6-8-11)20-17-19-9-12(15(18)24)16(22-17)21-13-3-2-4-14(13)23/h9-11,13-14,23H,2-8H2,1H3,(H2,18,24)(H2,19,20,21,22)/t10-,11-,13-,14+/m1/s1. The summed E-state index contributed by atoms with van der Waals surface area (Å²) in [5, 5.41) is 16.5. The van der Waals surface area contributed by atoms with Crippen LogP contribution in [0.2, 0.25) is 0 Å². The molecule has 25 heavy (non-hydrogen) atoms. The highest BCUT2D eigenvalue weighted by Crippen LogP contribution is 2.26. The van der Waals surface area contributed by atoms with Gasteiger partial charge in [0.2, 0.25) is 5.95 Å². The van der Waals surface area contributed by atoms with Gasteiger partial charge in [-0.25, -0.2) is 4.98 Å². The fourth-order valence-corrected chi connectivity index (χ4v) is 3.65. The number of amides is 1. The number of nitrogens with two attached hydrogens (primary N) is 1. The maximum absolute atomic E-state index is 11.7. The molecule has 1 amide bonds. The van der Waals surface area contributed by atoms with E-state index >= 15 is 0 Å². The van der Waals surface area contributed by atoms with E-state index in [0.717, 1.165) is 44.9 Å². The average molecular weight is 349 g/mol. The van der Waals surface area contributed by atoms with E-state index in [-0.39, 0.29) is 17.6 Å². The van der Waals surface area contributed by atoms with Gasteiger partial charge in [0, 0.05) is 19.3 Å². The minimum atomic E-state index is -0.581. The van der Waals surface area contributed by atoms with Crippen molar-refractivity contribution >= 4 is 17.7 Å². The molecule has 0 aliphatic heterocycles. The van der Waals surface area contributed by atoms with Gasteiger partial charge < -0.3 is 26.2 Å². The van der Waals surface area contributed by atoms with Crippen molar-refractivity contribution in [2.45, 2.75) is 69.2 Å². The van der Waals surface area contributed by atoms with Crippen LogP contribution in [-0.4, -0.2) is 52.4 Å². The van der Waals surface area contributed by atoms with E-state index in [1.807, 2.05) is 0 Å². The first-order chi connectivity index (χ1) is 12.1. The third-order valence-electron chi connectivity index (χ3n) is 5.20. The molecule has 0 spiro atoms. The number of anilines is 2. The van der Waals surface area contributed by atoms with Gasteiger partial charge >= 0.3 is 0 Å². The van der Waals surface area contributed by atoms with Gasteiger partial charge in [0.25, 0.3) is 5.91 Å². The number of primary amides is 1. The van der Waals surface area contributed by atoms with Crippen molar-refractivity contribution in [2.75, 3.05) is 17.7 Å². The van der Waals surface area contributed by atoms with E-state index in [1.54, 1.807) is 7.11 Å². The number of aromatic nitrogens is 2. The van der Waals surface area contributed by atoms with Crippen LogP contribution >= 0.6 is 0 Å². The summed E-state index contributed by atoms with van der Waals surface area (Å²) in [6.45, 7) is 0. The number of aliphatic hydroxyl groups is 1. The lowest BCUT2D eigenvalue weighted by molar-refractivity contribution is 0.0681. The SMILES string of the molecule is CO[C@H]1CC[C@H](Nc2ncc(C(N)=O)c(N[C@@H]3CCC[C@@H]3O)n2)CC1. The minimum Gasteiger partial charge on any atom is -0.391 e. The van der Waals surface area contributed by atoms with Crippen LogP contribution in [0.1, 0.15) is 55.3 Å². The number of hydrogen-bond donors (Lipinski definition) is 4. The Kier molecular flexibility index (Phi) is 5.70. The highest BCUT2D eigenvalue weighted by atomic mass is 16.5. The Balaban J connectivity index is 1.70. The van der Waals surface area contributed by atoms with E-state index in [0.29, 0.717) is 17.9 Å². The van der Waals surface area contributed by atoms with Gasteiger partial charge in [0.05, 0.1) is 23.8 Å². The molecule has 0 bridgehead atoms. The summed E-state index contributed by atoms with van der Waals surface area (Å²) in [6, 6.07) is 0.175. The highest BCUT2D eigenvalue weighted by molar-refractivity contribution is 5.97. The van der Waals surface area contributed by atoms with Crippen LogP contribution in [0.25, 0.3) is 0 Å². The van der Waals surface area contributed by atoms with E-state index in [1.165, 1.54) is 6.20 Å². The molecule has 3 rings (SSSR count). The number of aliphatic hydroxyl groups excluding tert-OH is 1. The Morgan fingerprint density at radius 3 is 2.60 bits per heavy atom. The maximum Gasteiger partial charge on any atom is 0.254 e. The maximum atomic E-state index is 11.7.